The number of carboxylic acids is 1. The van der Waals surface area contributed by atoms with Crippen molar-refractivity contribution in [2.45, 2.75) is 20.3 Å². The standard InChI is InChI=1S/C25H22N4O4/c1-14-9-10-16(11-15(14)2)12-21-22(24(31)29-27-21)28-26-20-8-4-7-19(23(20)30)17-5-3-6-18(13-17)25(32)33/h3-11,13,30H,12H2,1-2H3,(H,32,33)(H2,27,29,31). The van der Waals surface area contributed by atoms with Crippen LogP contribution in [0.4, 0.5) is 11.4 Å². The van der Waals surface area contributed by atoms with Crippen molar-refractivity contribution in [1.29, 1.82) is 0 Å². The van der Waals surface area contributed by atoms with Crippen LogP contribution in [-0.2, 0) is 6.42 Å². The van der Waals surface area contributed by atoms with Crippen LogP contribution in [0.15, 0.2) is 75.7 Å². The Morgan fingerprint density at radius 1 is 0.939 bits per heavy atom. The summed E-state index contributed by atoms with van der Waals surface area (Å²) < 4.78 is 0. The number of hydrogen-bond acceptors (Lipinski definition) is 5. The zero-order valence-electron chi connectivity index (χ0n) is 18.1. The Bertz CT molecular complexity index is 1430. The average molecular weight is 442 g/mol. The highest BCUT2D eigenvalue weighted by molar-refractivity contribution is 5.90. The van der Waals surface area contributed by atoms with Gasteiger partial charge in [-0.1, -0.05) is 42.5 Å². The van der Waals surface area contributed by atoms with Crippen LogP contribution < -0.4 is 5.56 Å². The molecule has 0 aliphatic heterocycles. The van der Waals surface area contributed by atoms with Crippen molar-refractivity contribution in [1.82, 2.24) is 10.2 Å². The summed E-state index contributed by atoms with van der Waals surface area (Å²) in [4.78, 5) is 23.6. The number of aromatic nitrogens is 2. The van der Waals surface area contributed by atoms with Gasteiger partial charge in [0.25, 0.3) is 5.56 Å². The molecule has 4 aromatic rings. The SMILES string of the molecule is Cc1ccc(Cc2[nH][nH]c(=O)c2N=Nc2cccc(-c3cccc(C(=O)O)c3)c2O)cc1C. The number of nitrogens with zero attached hydrogens (tertiary/aromatic N) is 2. The maximum Gasteiger partial charge on any atom is 0.335 e. The highest BCUT2D eigenvalue weighted by Gasteiger charge is 2.14. The quantitative estimate of drug-likeness (QED) is 0.298. The van der Waals surface area contributed by atoms with Crippen LogP contribution in [0, 0.1) is 13.8 Å². The van der Waals surface area contributed by atoms with Gasteiger partial charge in [-0.2, -0.15) is 0 Å². The number of phenolic OH excluding ortho intramolecular Hbond substituents is 1. The molecule has 8 nitrogen and oxygen atoms in total. The van der Waals surface area contributed by atoms with Gasteiger partial charge in [-0.05, 0) is 54.3 Å². The van der Waals surface area contributed by atoms with Crippen molar-refractivity contribution in [3.8, 4) is 16.9 Å². The van der Waals surface area contributed by atoms with Crippen LogP contribution in [0.25, 0.3) is 11.1 Å². The van der Waals surface area contributed by atoms with E-state index in [1.165, 1.54) is 17.7 Å². The molecular formula is C25H22N4O4. The summed E-state index contributed by atoms with van der Waals surface area (Å²) in [7, 11) is 0. The molecule has 0 fully saturated rings. The second-order valence-corrected chi connectivity index (χ2v) is 7.76. The first-order valence-corrected chi connectivity index (χ1v) is 10.3. The van der Waals surface area contributed by atoms with E-state index in [2.05, 4.69) is 26.5 Å². The fourth-order valence-corrected chi connectivity index (χ4v) is 3.51. The van der Waals surface area contributed by atoms with Crippen LogP contribution in [0.5, 0.6) is 5.75 Å². The van der Waals surface area contributed by atoms with E-state index in [4.69, 9.17) is 0 Å². The van der Waals surface area contributed by atoms with E-state index in [0.717, 1.165) is 11.1 Å². The topological polar surface area (TPSA) is 131 Å². The van der Waals surface area contributed by atoms with Gasteiger partial charge < -0.3 is 10.2 Å². The molecule has 0 radical (unpaired) electrons. The lowest BCUT2D eigenvalue weighted by Crippen LogP contribution is -1.97. The van der Waals surface area contributed by atoms with Gasteiger partial charge in [-0.15, -0.1) is 10.2 Å². The molecule has 1 aromatic heterocycles. The number of aryl methyl sites for hydroxylation is 2. The second-order valence-electron chi connectivity index (χ2n) is 7.76. The number of aromatic carboxylic acids is 1. The first-order chi connectivity index (χ1) is 15.8. The smallest absolute Gasteiger partial charge is 0.335 e. The molecule has 1 heterocycles. The molecule has 4 N–H and O–H groups in total. The molecular weight excluding hydrogens is 420 g/mol. The number of rotatable bonds is 6. The van der Waals surface area contributed by atoms with Gasteiger partial charge in [0.05, 0.1) is 11.3 Å². The number of azo groups is 1. The van der Waals surface area contributed by atoms with Crippen molar-refractivity contribution < 1.29 is 15.0 Å². The van der Waals surface area contributed by atoms with Gasteiger partial charge in [-0.3, -0.25) is 15.0 Å². The molecule has 8 heteroatoms. The van der Waals surface area contributed by atoms with E-state index < -0.39 is 11.5 Å². The fourth-order valence-electron chi connectivity index (χ4n) is 3.51. The number of nitrogens with one attached hydrogen (secondary N) is 2. The van der Waals surface area contributed by atoms with E-state index >= 15 is 0 Å². The lowest BCUT2D eigenvalue weighted by atomic mass is 10.0. The van der Waals surface area contributed by atoms with Crippen LogP contribution in [0.2, 0.25) is 0 Å². The Morgan fingerprint density at radius 2 is 1.73 bits per heavy atom. The molecule has 0 saturated heterocycles. The van der Waals surface area contributed by atoms with Gasteiger partial charge in [-0.25, -0.2) is 4.79 Å². The van der Waals surface area contributed by atoms with E-state index in [1.54, 1.807) is 30.3 Å². The summed E-state index contributed by atoms with van der Waals surface area (Å²) in [6.07, 6.45) is 0.461. The maximum atomic E-state index is 12.3. The maximum absolute atomic E-state index is 12.3. The normalized spacial score (nSPS) is 11.2. The summed E-state index contributed by atoms with van der Waals surface area (Å²) in [6.45, 7) is 4.07. The molecule has 4 rings (SSSR count). The summed E-state index contributed by atoms with van der Waals surface area (Å²) >= 11 is 0. The predicted molar refractivity (Wildman–Crippen MR) is 125 cm³/mol. The van der Waals surface area contributed by atoms with Gasteiger partial charge in [0.15, 0.2) is 11.4 Å². The zero-order chi connectivity index (χ0) is 23.5. The Labute approximate surface area is 189 Å². The highest BCUT2D eigenvalue weighted by atomic mass is 16.4. The van der Waals surface area contributed by atoms with Crippen molar-refractivity contribution in [2.24, 2.45) is 10.2 Å². The summed E-state index contributed by atoms with van der Waals surface area (Å²) in [5.41, 5.74) is 4.86. The first-order valence-electron chi connectivity index (χ1n) is 10.3. The molecule has 0 aliphatic rings. The number of carboxylic acid groups (broad SMARTS) is 1. The van der Waals surface area contributed by atoms with Crippen LogP contribution >= 0.6 is 0 Å². The highest BCUT2D eigenvalue weighted by Crippen LogP contribution is 2.38. The van der Waals surface area contributed by atoms with Crippen molar-refractivity contribution >= 4 is 17.3 Å². The minimum Gasteiger partial charge on any atom is -0.505 e. The molecule has 3 aromatic carbocycles. The monoisotopic (exact) mass is 442 g/mol. The van der Waals surface area contributed by atoms with E-state index in [9.17, 15) is 19.8 Å². The Morgan fingerprint density at radius 3 is 2.48 bits per heavy atom. The van der Waals surface area contributed by atoms with E-state index in [1.807, 2.05) is 26.0 Å². The first kappa shape index (κ1) is 21.8. The van der Waals surface area contributed by atoms with Gasteiger partial charge in [0.1, 0.15) is 5.69 Å². The number of aromatic amines is 2. The number of phenols is 1. The average Bonchev–Trinajstić information content (AvgIpc) is 3.14. The fraction of sp³-hybridized carbons (Fsp3) is 0.120. The molecule has 0 aliphatic carbocycles. The molecule has 33 heavy (non-hydrogen) atoms. The lowest BCUT2D eigenvalue weighted by Gasteiger charge is -2.07. The second kappa shape index (κ2) is 8.96. The van der Waals surface area contributed by atoms with Crippen LogP contribution in [0.3, 0.4) is 0 Å². The van der Waals surface area contributed by atoms with Crippen molar-refractivity contribution in [3.05, 3.63) is 99.0 Å². The van der Waals surface area contributed by atoms with E-state index in [-0.39, 0.29) is 22.7 Å². The van der Waals surface area contributed by atoms with Crippen LogP contribution in [-0.4, -0.2) is 26.4 Å². The number of aromatic hydroxyl groups is 1. The number of carbonyl (C=O) groups is 1. The largest absolute Gasteiger partial charge is 0.505 e. The minimum atomic E-state index is -1.06. The summed E-state index contributed by atoms with van der Waals surface area (Å²) in [5.74, 6) is -1.22. The molecule has 0 saturated carbocycles. The number of hydrogen-bond donors (Lipinski definition) is 4. The Kier molecular flexibility index (Phi) is 5.91. The molecule has 166 valence electrons. The number of H-pyrrole nitrogens is 2. The number of benzene rings is 3. The third-order valence-corrected chi connectivity index (χ3v) is 5.47. The summed E-state index contributed by atoms with van der Waals surface area (Å²) in [5, 5.41) is 33.6. The van der Waals surface area contributed by atoms with Gasteiger partial charge in [0, 0.05) is 12.0 Å². The third-order valence-electron chi connectivity index (χ3n) is 5.47. The van der Waals surface area contributed by atoms with Crippen molar-refractivity contribution in [3.63, 3.8) is 0 Å². The third kappa shape index (κ3) is 4.59. The lowest BCUT2D eigenvalue weighted by molar-refractivity contribution is 0.0697. The van der Waals surface area contributed by atoms with Gasteiger partial charge in [0.2, 0.25) is 0 Å². The molecule has 0 unspecified atom stereocenters. The molecule has 0 atom stereocenters. The minimum absolute atomic E-state index is 0.105. The zero-order valence-corrected chi connectivity index (χ0v) is 18.1. The summed E-state index contributed by atoms with van der Waals surface area (Å²) in [6, 6.07) is 17.2. The van der Waals surface area contributed by atoms with Gasteiger partial charge >= 0.3 is 5.97 Å². The Balaban J connectivity index is 1.65. The predicted octanol–water partition coefficient (Wildman–Crippen LogP) is 5.40. The van der Waals surface area contributed by atoms with Crippen molar-refractivity contribution in [2.75, 3.05) is 0 Å². The Hall–Kier alpha value is -4.46. The number of para-hydroxylation sites is 1. The van der Waals surface area contributed by atoms with Crippen LogP contribution in [0.1, 0.15) is 32.7 Å². The van der Waals surface area contributed by atoms with E-state index in [0.29, 0.717) is 23.2 Å². The molecule has 0 amide bonds. The molecule has 0 bridgehead atoms. The molecule has 0 spiro atoms.